The van der Waals surface area contributed by atoms with E-state index in [1.807, 2.05) is 7.05 Å². The lowest BCUT2D eigenvalue weighted by Gasteiger charge is -2.03. The summed E-state index contributed by atoms with van der Waals surface area (Å²) in [5.74, 6) is 0. The first-order chi connectivity index (χ1) is 5.91. The molecular weight excluding hydrogens is 148 g/mol. The largest absolute Gasteiger partial charge is 0.320 e. The molecule has 1 radical (unpaired) electrons. The number of hydrogen-bond donors (Lipinski definition) is 2. The first kappa shape index (κ1) is 11.9. The Morgan fingerprint density at radius 2 is 1.67 bits per heavy atom. The molecular formula is C10H23N2. The fourth-order valence-electron chi connectivity index (χ4n) is 1.12. The summed E-state index contributed by atoms with van der Waals surface area (Å²) in [5, 5.41) is 6.55. The molecule has 0 amide bonds. The van der Waals surface area contributed by atoms with Crippen LogP contribution >= 0.6 is 0 Å². The Bertz CT molecular complexity index is 64.2. The molecule has 0 saturated carbocycles. The second-order valence-corrected chi connectivity index (χ2v) is 3.12. The fourth-order valence-corrected chi connectivity index (χ4v) is 1.12. The van der Waals surface area contributed by atoms with Crippen LogP contribution in [0.25, 0.3) is 0 Å². The van der Waals surface area contributed by atoms with Crippen LogP contribution < -0.4 is 10.6 Å². The van der Waals surface area contributed by atoms with Gasteiger partial charge in [-0.15, -0.1) is 0 Å². The van der Waals surface area contributed by atoms with Crippen LogP contribution in [0, 0.1) is 6.92 Å². The van der Waals surface area contributed by atoms with E-state index in [2.05, 4.69) is 17.6 Å². The highest BCUT2D eigenvalue weighted by atomic mass is 14.9. The molecule has 2 heteroatoms. The molecule has 0 atom stereocenters. The first-order valence-corrected chi connectivity index (χ1v) is 5.06. The first-order valence-electron chi connectivity index (χ1n) is 5.06. The fraction of sp³-hybridized carbons (Fsp3) is 0.900. The molecule has 2 N–H and O–H groups in total. The van der Waals surface area contributed by atoms with Crippen LogP contribution in [0.15, 0.2) is 0 Å². The maximum Gasteiger partial charge on any atom is -0.00368 e. The Morgan fingerprint density at radius 3 is 2.33 bits per heavy atom. The molecule has 0 aromatic heterocycles. The zero-order chi connectivity index (χ0) is 9.07. The van der Waals surface area contributed by atoms with E-state index >= 15 is 0 Å². The summed E-state index contributed by atoms with van der Waals surface area (Å²) in [6, 6.07) is 0. The van der Waals surface area contributed by atoms with Gasteiger partial charge >= 0.3 is 0 Å². The van der Waals surface area contributed by atoms with Crippen molar-refractivity contribution < 1.29 is 0 Å². The molecule has 0 unspecified atom stereocenters. The highest BCUT2D eigenvalue weighted by molar-refractivity contribution is 4.51. The predicted molar refractivity (Wildman–Crippen MR) is 55.2 cm³/mol. The Labute approximate surface area is 77.1 Å². The maximum atomic E-state index is 3.82. The normalized spacial score (nSPS) is 10.5. The third-order valence-electron chi connectivity index (χ3n) is 1.88. The Balaban J connectivity index is 2.73. The molecule has 0 saturated heterocycles. The van der Waals surface area contributed by atoms with Crippen LogP contribution in [0.5, 0.6) is 0 Å². The third kappa shape index (κ3) is 9.92. The van der Waals surface area contributed by atoms with Gasteiger partial charge < -0.3 is 10.6 Å². The quantitative estimate of drug-likeness (QED) is 0.515. The third-order valence-corrected chi connectivity index (χ3v) is 1.88. The SMILES string of the molecule is [CH2]CCCCCNCCCNC. The van der Waals surface area contributed by atoms with Crippen LogP contribution in [-0.4, -0.2) is 26.7 Å². The summed E-state index contributed by atoms with van der Waals surface area (Å²) >= 11 is 0. The van der Waals surface area contributed by atoms with Crippen molar-refractivity contribution in [2.75, 3.05) is 26.7 Å². The zero-order valence-electron chi connectivity index (χ0n) is 8.36. The lowest BCUT2D eigenvalue weighted by atomic mass is 10.2. The van der Waals surface area contributed by atoms with Crippen molar-refractivity contribution >= 4 is 0 Å². The van der Waals surface area contributed by atoms with Gasteiger partial charge in [-0.3, -0.25) is 0 Å². The molecule has 0 bridgehead atoms. The van der Waals surface area contributed by atoms with Crippen molar-refractivity contribution in [3.05, 3.63) is 6.92 Å². The van der Waals surface area contributed by atoms with E-state index in [0.717, 1.165) is 19.5 Å². The molecule has 0 aromatic carbocycles. The van der Waals surface area contributed by atoms with E-state index in [0.29, 0.717) is 0 Å². The summed E-state index contributed by atoms with van der Waals surface area (Å²) in [6.07, 6.45) is 6.21. The number of hydrogen-bond acceptors (Lipinski definition) is 2. The lowest BCUT2D eigenvalue weighted by Crippen LogP contribution is -2.20. The van der Waals surface area contributed by atoms with Crippen molar-refractivity contribution in [3.63, 3.8) is 0 Å². The van der Waals surface area contributed by atoms with Gasteiger partial charge in [0, 0.05) is 0 Å². The summed E-state index contributed by atoms with van der Waals surface area (Å²) < 4.78 is 0. The average molecular weight is 171 g/mol. The second-order valence-electron chi connectivity index (χ2n) is 3.12. The molecule has 0 heterocycles. The Hall–Kier alpha value is -0.0800. The molecule has 12 heavy (non-hydrogen) atoms. The molecule has 0 aliphatic carbocycles. The van der Waals surface area contributed by atoms with Gasteiger partial charge in [-0.25, -0.2) is 0 Å². The van der Waals surface area contributed by atoms with E-state index in [1.54, 1.807) is 0 Å². The van der Waals surface area contributed by atoms with E-state index < -0.39 is 0 Å². The number of rotatable bonds is 9. The molecule has 0 fully saturated rings. The molecule has 0 aliphatic rings. The standard InChI is InChI=1S/C10H23N2/c1-3-4-5-6-9-12-10-7-8-11-2/h11-12H,1,3-10H2,2H3. The summed E-state index contributed by atoms with van der Waals surface area (Å²) in [7, 11) is 1.99. The summed E-state index contributed by atoms with van der Waals surface area (Å²) in [6.45, 7) is 7.25. The van der Waals surface area contributed by atoms with Gasteiger partial charge in [-0.05, 0) is 39.5 Å². The van der Waals surface area contributed by atoms with E-state index in [1.165, 1.54) is 32.2 Å². The number of nitrogens with one attached hydrogen (secondary N) is 2. The minimum atomic E-state index is 1.08. The Morgan fingerprint density at radius 1 is 0.917 bits per heavy atom. The van der Waals surface area contributed by atoms with E-state index in [-0.39, 0.29) is 0 Å². The molecule has 0 spiro atoms. The molecule has 73 valence electrons. The monoisotopic (exact) mass is 171 g/mol. The van der Waals surface area contributed by atoms with Crippen molar-refractivity contribution in [1.82, 2.24) is 10.6 Å². The lowest BCUT2D eigenvalue weighted by molar-refractivity contribution is 0.582. The highest BCUT2D eigenvalue weighted by Gasteiger charge is 1.88. The number of unbranched alkanes of at least 4 members (excludes halogenated alkanes) is 3. The van der Waals surface area contributed by atoms with Gasteiger partial charge in [-0.2, -0.15) is 0 Å². The van der Waals surface area contributed by atoms with Crippen molar-refractivity contribution in [2.45, 2.75) is 32.1 Å². The van der Waals surface area contributed by atoms with Gasteiger partial charge in [0.2, 0.25) is 0 Å². The van der Waals surface area contributed by atoms with Crippen LogP contribution in [0.3, 0.4) is 0 Å². The highest BCUT2D eigenvalue weighted by Crippen LogP contribution is 1.96. The predicted octanol–water partition coefficient (Wildman–Crippen LogP) is 1.58. The molecule has 0 rings (SSSR count). The molecule has 2 nitrogen and oxygen atoms in total. The minimum absolute atomic E-state index is 1.08. The van der Waals surface area contributed by atoms with Crippen LogP contribution in [0.2, 0.25) is 0 Å². The van der Waals surface area contributed by atoms with Gasteiger partial charge in [0.25, 0.3) is 0 Å². The van der Waals surface area contributed by atoms with Gasteiger partial charge in [0.1, 0.15) is 0 Å². The zero-order valence-corrected chi connectivity index (χ0v) is 8.36. The second kappa shape index (κ2) is 10.9. The smallest absolute Gasteiger partial charge is 0.00368 e. The summed E-state index contributed by atoms with van der Waals surface area (Å²) in [5.41, 5.74) is 0. The van der Waals surface area contributed by atoms with Crippen LogP contribution in [-0.2, 0) is 0 Å². The van der Waals surface area contributed by atoms with Gasteiger partial charge in [-0.1, -0.05) is 26.2 Å². The van der Waals surface area contributed by atoms with Crippen molar-refractivity contribution in [3.8, 4) is 0 Å². The average Bonchev–Trinajstić information content (AvgIpc) is 2.10. The minimum Gasteiger partial charge on any atom is -0.320 e. The summed E-state index contributed by atoms with van der Waals surface area (Å²) in [4.78, 5) is 0. The van der Waals surface area contributed by atoms with Crippen LogP contribution in [0.1, 0.15) is 32.1 Å². The van der Waals surface area contributed by atoms with Crippen molar-refractivity contribution in [2.24, 2.45) is 0 Å². The van der Waals surface area contributed by atoms with Gasteiger partial charge in [0.05, 0.1) is 0 Å². The Kier molecular flexibility index (Phi) is 10.8. The van der Waals surface area contributed by atoms with Crippen LogP contribution in [0.4, 0.5) is 0 Å². The van der Waals surface area contributed by atoms with Gasteiger partial charge in [0.15, 0.2) is 0 Å². The van der Waals surface area contributed by atoms with E-state index in [9.17, 15) is 0 Å². The topological polar surface area (TPSA) is 24.1 Å². The molecule has 0 aromatic rings. The maximum absolute atomic E-state index is 3.82. The van der Waals surface area contributed by atoms with Crippen molar-refractivity contribution in [1.29, 1.82) is 0 Å². The van der Waals surface area contributed by atoms with E-state index in [4.69, 9.17) is 0 Å². The molecule has 0 aliphatic heterocycles.